The molecule has 5 rings (SSSR count). The van der Waals surface area contributed by atoms with E-state index in [9.17, 15) is 19.2 Å². The van der Waals surface area contributed by atoms with Gasteiger partial charge in [0, 0.05) is 30.6 Å². The number of alkyl halides is 1. The molecule has 6 atom stereocenters. The number of esters is 2. The molecule has 244 valence electrons. The average Bonchev–Trinajstić information content (AvgIpc) is 3.66. The molecule has 11 heteroatoms. The zero-order valence-corrected chi connectivity index (χ0v) is 28.5. The van der Waals surface area contributed by atoms with E-state index in [0.29, 0.717) is 38.0 Å². The molecule has 2 aliphatic heterocycles. The number of amides is 2. The number of likely N-dealkylation sites (tertiary alicyclic amines) is 2. The molecule has 2 heterocycles. The van der Waals surface area contributed by atoms with Gasteiger partial charge in [-0.3, -0.25) is 9.59 Å². The van der Waals surface area contributed by atoms with Crippen LogP contribution in [0.25, 0.3) is 0 Å². The highest BCUT2D eigenvalue weighted by molar-refractivity contribution is 14.1. The van der Waals surface area contributed by atoms with Crippen molar-refractivity contribution < 1.29 is 38.1 Å². The molecule has 1 aliphatic carbocycles. The largest absolute Gasteiger partial charge is 0.469 e. The number of rotatable bonds is 8. The normalized spacial score (nSPS) is 25.5. The van der Waals surface area contributed by atoms with Crippen LogP contribution in [0.15, 0.2) is 60.7 Å². The number of ether oxygens (including phenoxy) is 4. The predicted molar refractivity (Wildman–Crippen MR) is 175 cm³/mol. The first-order chi connectivity index (χ1) is 21.6. The summed E-state index contributed by atoms with van der Waals surface area (Å²) < 4.78 is 21.5. The van der Waals surface area contributed by atoms with Crippen LogP contribution in [-0.4, -0.2) is 78.8 Å². The van der Waals surface area contributed by atoms with Crippen LogP contribution in [0.1, 0.15) is 31.4 Å². The second kappa shape index (κ2) is 15.8. The van der Waals surface area contributed by atoms with Gasteiger partial charge in [0.25, 0.3) is 0 Å². The summed E-state index contributed by atoms with van der Waals surface area (Å²) in [5.41, 5.74) is 1.38. The summed E-state index contributed by atoms with van der Waals surface area (Å²) in [4.78, 5) is 51.9. The molecule has 2 saturated heterocycles. The molecule has 2 aromatic carbocycles. The lowest BCUT2D eigenvalue weighted by Crippen LogP contribution is -2.52. The Morgan fingerprint density at radius 1 is 0.844 bits per heavy atom. The van der Waals surface area contributed by atoms with Gasteiger partial charge in [0.1, 0.15) is 13.2 Å². The third kappa shape index (κ3) is 8.09. The quantitative estimate of drug-likeness (QED) is 0.150. The minimum Gasteiger partial charge on any atom is -0.469 e. The van der Waals surface area contributed by atoms with Gasteiger partial charge in [-0.1, -0.05) is 97.1 Å². The number of hydrogen-bond donors (Lipinski definition) is 0. The van der Waals surface area contributed by atoms with Crippen LogP contribution in [-0.2, 0) is 41.8 Å². The lowest BCUT2D eigenvalue weighted by molar-refractivity contribution is -0.165. The van der Waals surface area contributed by atoms with Gasteiger partial charge in [-0.25, -0.2) is 9.59 Å². The van der Waals surface area contributed by atoms with E-state index in [0.717, 1.165) is 22.0 Å². The molecule has 0 bridgehead atoms. The zero-order chi connectivity index (χ0) is 32.6. The number of hydrogen-bond acceptors (Lipinski definition) is 8. The Morgan fingerprint density at radius 3 is 1.89 bits per heavy atom. The van der Waals surface area contributed by atoms with E-state index in [-0.39, 0.29) is 55.1 Å². The third-order valence-corrected chi connectivity index (χ3v) is 10.7. The Hall–Kier alpha value is -3.35. The smallest absolute Gasteiger partial charge is 0.410 e. The number of benzene rings is 2. The second-order valence-corrected chi connectivity index (χ2v) is 13.1. The number of halogens is 1. The van der Waals surface area contributed by atoms with Gasteiger partial charge in [-0.2, -0.15) is 0 Å². The summed E-state index contributed by atoms with van der Waals surface area (Å²) in [6.45, 7) is 6.60. The van der Waals surface area contributed by atoms with Gasteiger partial charge in [-0.15, -0.1) is 0 Å². The molecule has 0 N–H and O–H groups in total. The van der Waals surface area contributed by atoms with E-state index in [1.807, 2.05) is 60.7 Å². The molecular weight excluding hydrogens is 691 g/mol. The van der Waals surface area contributed by atoms with Crippen LogP contribution in [0.5, 0.6) is 0 Å². The van der Waals surface area contributed by atoms with Crippen LogP contribution in [0.3, 0.4) is 0 Å². The van der Waals surface area contributed by atoms with Crippen LogP contribution in [0.2, 0.25) is 0 Å². The maximum absolute atomic E-state index is 12.3. The van der Waals surface area contributed by atoms with Crippen LogP contribution in [0.4, 0.5) is 9.59 Å². The number of fused-ring (bicyclic) bond motifs is 1. The van der Waals surface area contributed by atoms with Crippen molar-refractivity contribution in [3.8, 4) is 0 Å². The van der Waals surface area contributed by atoms with Gasteiger partial charge < -0.3 is 28.7 Å². The van der Waals surface area contributed by atoms with E-state index in [1.165, 1.54) is 14.2 Å². The monoisotopic (exact) mass is 734 g/mol. The van der Waals surface area contributed by atoms with Crippen molar-refractivity contribution in [2.45, 2.75) is 33.5 Å². The Kier molecular flexibility index (Phi) is 12.1. The Bertz CT molecular complexity index is 1310. The molecule has 1 saturated carbocycles. The maximum Gasteiger partial charge on any atom is 0.410 e. The fourth-order valence-corrected chi connectivity index (χ4v) is 7.42. The van der Waals surface area contributed by atoms with Gasteiger partial charge >= 0.3 is 24.1 Å². The fourth-order valence-electron chi connectivity index (χ4n) is 6.76. The Morgan fingerprint density at radius 2 is 1.40 bits per heavy atom. The zero-order valence-electron chi connectivity index (χ0n) is 26.4. The molecule has 10 nitrogen and oxygen atoms in total. The van der Waals surface area contributed by atoms with E-state index in [1.54, 1.807) is 9.80 Å². The molecule has 3 aliphatic rings. The van der Waals surface area contributed by atoms with Gasteiger partial charge in [-0.05, 0) is 41.2 Å². The lowest BCUT2D eigenvalue weighted by atomic mass is 9.56. The Balaban J connectivity index is 0.000000205. The minimum absolute atomic E-state index is 0.114. The third-order valence-electron chi connectivity index (χ3n) is 9.33. The molecule has 0 spiro atoms. The number of methoxy groups -OCH3 is 2. The van der Waals surface area contributed by atoms with Crippen molar-refractivity contribution in [1.29, 1.82) is 0 Å². The fraction of sp³-hybridized carbons (Fsp3) is 0.529. The van der Waals surface area contributed by atoms with Crippen LogP contribution >= 0.6 is 22.6 Å². The highest BCUT2D eigenvalue weighted by atomic mass is 127. The number of nitrogens with zero attached hydrogens (tertiary/aromatic N) is 2. The summed E-state index contributed by atoms with van der Waals surface area (Å²) in [6.07, 6.45) is 0.0620. The maximum atomic E-state index is 12.3. The molecule has 45 heavy (non-hydrogen) atoms. The molecule has 3 fully saturated rings. The van der Waals surface area contributed by atoms with Crippen molar-refractivity contribution >= 4 is 46.7 Å². The first-order valence-corrected chi connectivity index (χ1v) is 16.8. The highest BCUT2D eigenvalue weighted by Gasteiger charge is 2.63. The van der Waals surface area contributed by atoms with E-state index in [4.69, 9.17) is 18.9 Å². The summed E-state index contributed by atoms with van der Waals surface area (Å²) in [5.74, 6) is 0.360. The van der Waals surface area contributed by atoms with Crippen molar-refractivity contribution in [2.75, 3.05) is 44.8 Å². The first kappa shape index (κ1) is 34.5. The van der Waals surface area contributed by atoms with Crippen LogP contribution in [0, 0.1) is 35.0 Å². The van der Waals surface area contributed by atoms with Gasteiger partial charge in [0.05, 0.1) is 25.6 Å². The average molecular weight is 735 g/mol. The summed E-state index contributed by atoms with van der Waals surface area (Å²) in [6, 6.07) is 19.1. The number of carbonyl (C=O) groups excluding carboxylic acids is 4. The summed E-state index contributed by atoms with van der Waals surface area (Å²) >= 11 is 2.31. The molecular formula is C34H43IN2O8. The van der Waals surface area contributed by atoms with Gasteiger partial charge in [0.2, 0.25) is 0 Å². The van der Waals surface area contributed by atoms with Crippen molar-refractivity contribution in [3.05, 3.63) is 71.8 Å². The summed E-state index contributed by atoms with van der Waals surface area (Å²) in [5, 5.41) is 0. The van der Waals surface area contributed by atoms with E-state index >= 15 is 0 Å². The number of carbonyl (C=O) groups is 4. The molecule has 0 aromatic heterocycles. The van der Waals surface area contributed by atoms with Crippen LogP contribution < -0.4 is 0 Å². The SMILES string of the molecule is COC(=O)C12C[C@@H](C)C1CN(C(=O)OCc1ccccc1)C2.COC(=O)C1CN(C(=O)OCc2ccccc2)CC1[C@H](C)CI. The van der Waals surface area contributed by atoms with E-state index in [2.05, 4.69) is 36.4 Å². The Labute approximate surface area is 278 Å². The van der Waals surface area contributed by atoms with Crippen molar-refractivity contribution in [3.63, 3.8) is 0 Å². The minimum atomic E-state index is -0.514. The van der Waals surface area contributed by atoms with Gasteiger partial charge in [0.15, 0.2) is 0 Å². The lowest BCUT2D eigenvalue weighted by Gasteiger charge is -2.46. The van der Waals surface area contributed by atoms with Crippen molar-refractivity contribution in [2.24, 2.45) is 35.0 Å². The molecule has 2 amide bonds. The topological polar surface area (TPSA) is 112 Å². The molecule has 4 unspecified atom stereocenters. The van der Waals surface area contributed by atoms with E-state index < -0.39 is 5.41 Å². The predicted octanol–water partition coefficient (Wildman–Crippen LogP) is 5.57. The molecule has 2 aromatic rings. The molecule has 0 radical (unpaired) electrons. The highest BCUT2D eigenvalue weighted by Crippen LogP contribution is 2.56. The standard InChI is InChI=1S/C17H22INO4.C17H21NO4/c1-12(8-18)14-9-19(10-15(14)16(20)22-2)17(21)23-11-13-6-4-3-5-7-13;1-12-8-17(15(19)21-2)11-18(9-14(12)17)16(20)22-10-13-6-4-3-5-7-13/h3-7,12,14-15H,8-11H2,1-2H3;3-7,12,14H,8-11H2,1-2H3/t12-,14?,15?;12-,14?,17?/m11/s1. The second-order valence-electron chi connectivity index (χ2n) is 12.2. The first-order valence-electron chi connectivity index (χ1n) is 15.3. The summed E-state index contributed by atoms with van der Waals surface area (Å²) in [7, 11) is 2.80. The van der Waals surface area contributed by atoms with Crippen molar-refractivity contribution in [1.82, 2.24) is 9.80 Å².